The Labute approximate surface area is 165 Å². The number of hydrogen-bond donors (Lipinski definition) is 1. The maximum absolute atomic E-state index is 12.9. The van der Waals surface area contributed by atoms with E-state index in [1.807, 2.05) is 31.2 Å². The molecule has 1 aliphatic heterocycles. The van der Waals surface area contributed by atoms with Crippen LogP contribution in [-0.4, -0.2) is 44.2 Å². The predicted molar refractivity (Wildman–Crippen MR) is 108 cm³/mol. The van der Waals surface area contributed by atoms with Crippen molar-refractivity contribution in [2.45, 2.75) is 32.4 Å². The van der Waals surface area contributed by atoms with Crippen molar-refractivity contribution in [1.82, 2.24) is 25.0 Å². The zero-order valence-corrected chi connectivity index (χ0v) is 16.3. The standard InChI is InChI=1S/C22H25N5O/c1-17-12-19(27-16-23-15-24-27)8-9-20(17)21(28)25-22(2)10-11-26(14-22)13-18-6-4-3-5-7-18/h3-9,12,15-16H,10-11,13-14H2,1-2H3,(H,25,28). The van der Waals surface area contributed by atoms with E-state index in [9.17, 15) is 4.79 Å². The van der Waals surface area contributed by atoms with E-state index in [-0.39, 0.29) is 11.4 Å². The van der Waals surface area contributed by atoms with E-state index in [1.54, 1.807) is 11.0 Å². The number of aromatic nitrogens is 3. The van der Waals surface area contributed by atoms with Crippen LogP contribution >= 0.6 is 0 Å². The Kier molecular flexibility index (Phi) is 4.96. The third kappa shape index (κ3) is 3.97. The molecule has 0 bridgehead atoms. The zero-order valence-electron chi connectivity index (χ0n) is 16.3. The van der Waals surface area contributed by atoms with Gasteiger partial charge in [0, 0.05) is 25.2 Å². The van der Waals surface area contributed by atoms with Gasteiger partial charge >= 0.3 is 0 Å². The second-order valence-corrected chi connectivity index (χ2v) is 7.80. The van der Waals surface area contributed by atoms with Crippen LogP contribution in [0.25, 0.3) is 5.69 Å². The number of benzene rings is 2. The molecule has 1 aliphatic rings. The molecule has 0 saturated carbocycles. The molecule has 1 fully saturated rings. The van der Waals surface area contributed by atoms with Gasteiger partial charge in [-0.15, -0.1) is 0 Å². The molecule has 6 heteroatoms. The van der Waals surface area contributed by atoms with Crippen molar-refractivity contribution < 1.29 is 4.79 Å². The van der Waals surface area contributed by atoms with Crippen LogP contribution in [0.15, 0.2) is 61.2 Å². The van der Waals surface area contributed by atoms with Crippen LogP contribution in [-0.2, 0) is 6.54 Å². The van der Waals surface area contributed by atoms with Crippen molar-refractivity contribution in [3.8, 4) is 5.69 Å². The number of hydrogen-bond acceptors (Lipinski definition) is 4. The Morgan fingerprint density at radius 2 is 2.04 bits per heavy atom. The number of carbonyl (C=O) groups excluding carboxylic acids is 1. The molecule has 1 atom stereocenters. The highest BCUT2D eigenvalue weighted by atomic mass is 16.1. The molecule has 4 rings (SSSR count). The first-order valence-corrected chi connectivity index (χ1v) is 9.57. The lowest BCUT2D eigenvalue weighted by atomic mass is 9.99. The van der Waals surface area contributed by atoms with Crippen LogP contribution in [0.5, 0.6) is 0 Å². The summed E-state index contributed by atoms with van der Waals surface area (Å²) in [6.07, 6.45) is 4.09. The number of likely N-dealkylation sites (tertiary alicyclic amines) is 1. The summed E-state index contributed by atoms with van der Waals surface area (Å²) in [5.41, 5.74) is 3.60. The minimum Gasteiger partial charge on any atom is -0.346 e. The molecule has 0 radical (unpaired) electrons. The van der Waals surface area contributed by atoms with Gasteiger partial charge in [-0.3, -0.25) is 9.69 Å². The molecule has 2 aromatic carbocycles. The highest BCUT2D eigenvalue weighted by Crippen LogP contribution is 2.24. The zero-order chi connectivity index (χ0) is 19.6. The van der Waals surface area contributed by atoms with Gasteiger partial charge in [0.15, 0.2) is 0 Å². The van der Waals surface area contributed by atoms with Crippen LogP contribution < -0.4 is 5.32 Å². The first-order valence-electron chi connectivity index (χ1n) is 9.57. The number of nitrogens with zero attached hydrogens (tertiary/aromatic N) is 4. The van der Waals surface area contributed by atoms with Crippen molar-refractivity contribution in [3.05, 3.63) is 77.9 Å². The normalized spacial score (nSPS) is 19.6. The van der Waals surface area contributed by atoms with Crippen molar-refractivity contribution in [1.29, 1.82) is 0 Å². The van der Waals surface area contributed by atoms with Gasteiger partial charge < -0.3 is 5.32 Å². The molecule has 1 amide bonds. The topological polar surface area (TPSA) is 63.1 Å². The van der Waals surface area contributed by atoms with Crippen LogP contribution in [0, 0.1) is 6.92 Å². The van der Waals surface area contributed by atoms with Gasteiger partial charge in [0.2, 0.25) is 0 Å². The number of nitrogens with one attached hydrogen (secondary N) is 1. The molecule has 3 aromatic rings. The lowest BCUT2D eigenvalue weighted by Gasteiger charge is -2.27. The Balaban J connectivity index is 1.42. The monoisotopic (exact) mass is 375 g/mol. The molecule has 28 heavy (non-hydrogen) atoms. The first kappa shape index (κ1) is 18.4. The molecule has 1 N–H and O–H groups in total. The number of amides is 1. The first-order chi connectivity index (χ1) is 13.5. The summed E-state index contributed by atoms with van der Waals surface area (Å²) in [5.74, 6) is -0.0216. The van der Waals surface area contributed by atoms with Crippen molar-refractivity contribution >= 4 is 5.91 Å². The van der Waals surface area contributed by atoms with Crippen LogP contribution in [0.4, 0.5) is 0 Å². The molecule has 0 spiro atoms. The molecule has 144 valence electrons. The second kappa shape index (κ2) is 7.56. The summed E-state index contributed by atoms with van der Waals surface area (Å²) < 4.78 is 1.69. The predicted octanol–water partition coefficient (Wildman–Crippen LogP) is 2.97. The van der Waals surface area contributed by atoms with Gasteiger partial charge in [0.05, 0.1) is 11.2 Å². The van der Waals surface area contributed by atoms with E-state index in [4.69, 9.17) is 0 Å². The number of rotatable bonds is 5. The lowest BCUT2D eigenvalue weighted by Crippen LogP contribution is -2.48. The molecular formula is C22H25N5O. The Morgan fingerprint density at radius 1 is 1.21 bits per heavy atom. The summed E-state index contributed by atoms with van der Waals surface area (Å²) in [4.78, 5) is 19.3. The summed E-state index contributed by atoms with van der Waals surface area (Å²) in [7, 11) is 0. The van der Waals surface area contributed by atoms with Crippen LogP contribution in [0.1, 0.15) is 34.8 Å². The van der Waals surface area contributed by atoms with E-state index in [1.165, 1.54) is 11.9 Å². The highest BCUT2D eigenvalue weighted by Gasteiger charge is 2.35. The summed E-state index contributed by atoms with van der Waals surface area (Å²) in [6, 6.07) is 16.2. The smallest absolute Gasteiger partial charge is 0.252 e. The minimum absolute atomic E-state index is 0.0216. The van der Waals surface area contributed by atoms with Crippen LogP contribution in [0.3, 0.4) is 0 Å². The summed E-state index contributed by atoms with van der Waals surface area (Å²) in [5, 5.41) is 7.41. The average molecular weight is 375 g/mol. The van der Waals surface area contributed by atoms with Gasteiger partial charge in [-0.25, -0.2) is 9.67 Å². The van der Waals surface area contributed by atoms with E-state index >= 15 is 0 Å². The summed E-state index contributed by atoms with van der Waals surface area (Å²) >= 11 is 0. The largest absolute Gasteiger partial charge is 0.346 e. The summed E-state index contributed by atoms with van der Waals surface area (Å²) in [6.45, 7) is 6.83. The second-order valence-electron chi connectivity index (χ2n) is 7.80. The lowest BCUT2D eigenvalue weighted by molar-refractivity contribution is 0.0907. The average Bonchev–Trinajstić information content (AvgIpc) is 3.33. The van der Waals surface area contributed by atoms with Gasteiger partial charge in [0.1, 0.15) is 12.7 Å². The van der Waals surface area contributed by atoms with Crippen molar-refractivity contribution in [2.75, 3.05) is 13.1 Å². The van der Waals surface area contributed by atoms with Crippen molar-refractivity contribution in [3.63, 3.8) is 0 Å². The maximum Gasteiger partial charge on any atom is 0.252 e. The molecular weight excluding hydrogens is 350 g/mol. The Morgan fingerprint density at radius 3 is 2.75 bits per heavy atom. The minimum atomic E-state index is -0.219. The number of carbonyl (C=O) groups is 1. The Hall–Kier alpha value is -2.99. The molecule has 0 aliphatic carbocycles. The third-order valence-electron chi connectivity index (χ3n) is 5.35. The van der Waals surface area contributed by atoms with E-state index in [0.717, 1.165) is 37.3 Å². The van der Waals surface area contributed by atoms with Gasteiger partial charge in [0.25, 0.3) is 5.91 Å². The molecule has 1 saturated heterocycles. The van der Waals surface area contributed by atoms with Gasteiger partial charge in [-0.2, -0.15) is 5.10 Å². The van der Waals surface area contributed by atoms with E-state index < -0.39 is 0 Å². The SMILES string of the molecule is Cc1cc(-n2cncn2)ccc1C(=O)NC1(C)CCN(Cc2ccccc2)C1. The third-order valence-corrected chi connectivity index (χ3v) is 5.35. The van der Waals surface area contributed by atoms with E-state index in [2.05, 4.69) is 51.5 Å². The molecule has 1 aromatic heterocycles. The quantitative estimate of drug-likeness (QED) is 0.745. The number of aryl methyl sites for hydroxylation is 1. The maximum atomic E-state index is 12.9. The fraction of sp³-hybridized carbons (Fsp3) is 0.318. The molecule has 2 heterocycles. The molecule has 1 unspecified atom stereocenters. The van der Waals surface area contributed by atoms with Gasteiger partial charge in [-0.05, 0) is 49.6 Å². The van der Waals surface area contributed by atoms with E-state index in [0.29, 0.717) is 5.56 Å². The fourth-order valence-corrected chi connectivity index (χ4v) is 3.86. The van der Waals surface area contributed by atoms with Crippen molar-refractivity contribution in [2.24, 2.45) is 0 Å². The van der Waals surface area contributed by atoms with Crippen LogP contribution in [0.2, 0.25) is 0 Å². The Bertz CT molecular complexity index is 954. The fourth-order valence-electron chi connectivity index (χ4n) is 3.86. The highest BCUT2D eigenvalue weighted by molar-refractivity contribution is 5.96. The van der Waals surface area contributed by atoms with Gasteiger partial charge in [-0.1, -0.05) is 30.3 Å². The molecule has 6 nitrogen and oxygen atoms in total.